The molecular weight excluding hydrogens is 521 g/mol. The smallest absolute Gasteiger partial charge is 0.270 e. The van der Waals surface area contributed by atoms with Gasteiger partial charge in [-0.05, 0) is 75.8 Å². The molecule has 1 fully saturated rings. The number of hydrogen-bond donors (Lipinski definition) is 1. The Morgan fingerprint density at radius 1 is 1.00 bits per heavy atom. The molecule has 0 spiro atoms. The fraction of sp³-hybridized carbons (Fsp3) is 0.400. The second kappa shape index (κ2) is 13.3. The van der Waals surface area contributed by atoms with E-state index >= 15 is 0 Å². The van der Waals surface area contributed by atoms with Crippen molar-refractivity contribution >= 4 is 29.1 Å². The Morgan fingerprint density at radius 2 is 1.76 bits per heavy atom. The predicted octanol–water partition coefficient (Wildman–Crippen LogP) is 7.12. The molecule has 202 valence electrons. The molecule has 1 saturated carbocycles. The van der Waals surface area contributed by atoms with Crippen molar-refractivity contribution in [1.82, 2.24) is 15.2 Å². The van der Waals surface area contributed by atoms with E-state index in [1.807, 2.05) is 44.4 Å². The van der Waals surface area contributed by atoms with Crippen LogP contribution < -0.4 is 14.8 Å². The van der Waals surface area contributed by atoms with Crippen molar-refractivity contribution < 1.29 is 14.3 Å². The Balaban J connectivity index is 1.71. The van der Waals surface area contributed by atoms with E-state index in [1.165, 1.54) is 6.42 Å². The van der Waals surface area contributed by atoms with Crippen LogP contribution in [0.4, 0.5) is 0 Å². The second-order valence-electron chi connectivity index (χ2n) is 9.90. The number of carbonyl (C=O) groups is 1. The van der Waals surface area contributed by atoms with Gasteiger partial charge in [0.1, 0.15) is 17.2 Å². The Kier molecular flexibility index (Phi) is 9.89. The van der Waals surface area contributed by atoms with Crippen LogP contribution in [-0.4, -0.2) is 56.2 Å². The molecule has 1 heterocycles. The van der Waals surface area contributed by atoms with E-state index in [4.69, 9.17) is 37.7 Å². The van der Waals surface area contributed by atoms with Gasteiger partial charge in [-0.2, -0.15) is 0 Å². The number of carbonyl (C=O) groups excluding carboxylic acids is 1. The molecule has 0 unspecified atom stereocenters. The number of halogens is 2. The third kappa shape index (κ3) is 7.19. The molecule has 0 saturated heterocycles. The number of hydrogen-bond acceptors (Lipinski definition) is 5. The Hall–Kier alpha value is -2.80. The van der Waals surface area contributed by atoms with E-state index in [9.17, 15) is 4.79 Å². The highest BCUT2D eigenvalue weighted by Gasteiger charge is 2.21. The first-order chi connectivity index (χ1) is 18.4. The zero-order valence-corrected chi connectivity index (χ0v) is 23.7. The fourth-order valence-electron chi connectivity index (χ4n) is 4.69. The standard InChI is InChI=1S/C30H35Cl2N3O3/c1-35(2)16-7-17-38-28-18-20(10-14-25(28)31)29-24(23-12-11-22(37-3)19-26(23)32)13-15-27(34-29)30(36)33-21-8-5-4-6-9-21/h10-15,18-19,21H,4-9,16-17H2,1-3H3,(H,33,36). The van der Waals surface area contributed by atoms with Crippen LogP contribution in [0, 0.1) is 0 Å². The van der Waals surface area contributed by atoms with Crippen LogP contribution in [-0.2, 0) is 0 Å². The van der Waals surface area contributed by atoms with Crippen LogP contribution >= 0.6 is 23.2 Å². The quantitative estimate of drug-likeness (QED) is 0.270. The molecule has 4 rings (SSSR count). The number of nitrogens with one attached hydrogen (secondary N) is 1. The third-order valence-corrected chi connectivity index (χ3v) is 7.37. The van der Waals surface area contributed by atoms with Crippen LogP contribution in [0.3, 0.4) is 0 Å². The summed E-state index contributed by atoms with van der Waals surface area (Å²) in [5, 5.41) is 4.22. The fourth-order valence-corrected chi connectivity index (χ4v) is 5.14. The first-order valence-electron chi connectivity index (χ1n) is 13.1. The van der Waals surface area contributed by atoms with Crippen molar-refractivity contribution in [3.05, 3.63) is 64.3 Å². The van der Waals surface area contributed by atoms with Gasteiger partial charge in [-0.3, -0.25) is 4.79 Å². The average Bonchev–Trinajstić information content (AvgIpc) is 2.92. The van der Waals surface area contributed by atoms with Gasteiger partial charge in [0.25, 0.3) is 5.91 Å². The molecular formula is C30H35Cl2N3O3. The molecule has 1 aliphatic carbocycles. The average molecular weight is 557 g/mol. The number of nitrogens with zero attached hydrogens (tertiary/aromatic N) is 2. The van der Waals surface area contributed by atoms with Crippen LogP contribution in [0.1, 0.15) is 49.0 Å². The van der Waals surface area contributed by atoms with Crippen LogP contribution in [0.25, 0.3) is 22.4 Å². The van der Waals surface area contributed by atoms with Crippen LogP contribution in [0.2, 0.25) is 10.0 Å². The molecule has 6 nitrogen and oxygen atoms in total. The van der Waals surface area contributed by atoms with E-state index in [0.717, 1.165) is 55.3 Å². The molecule has 38 heavy (non-hydrogen) atoms. The summed E-state index contributed by atoms with van der Waals surface area (Å²) < 4.78 is 11.3. The number of rotatable bonds is 10. The first-order valence-corrected chi connectivity index (χ1v) is 13.8. The topological polar surface area (TPSA) is 63.7 Å². The maximum absolute atomic E-state index is 13.2. The molecule has 0 atom stereocenters. The van der Waals surface area contributed by atoms with Crippen LogP contribution in [0.15, 0.2) is 48.5 Å². The molecule has 0 aliphatic heterocycles. The zero-order chi connectivity index (χ0) is 27.1. The van der Waals surface area contributed by atoms with E-state index in [-0.39, 0.29) is 11.9 Å². The minimum atomic E-state index is -0.167. The molecule has 1 aromatic heterocycles. The van der Waals surface area contributed by atoms with Gasteiger partial charge in [0.05, 0.1) is 29.5 Å². The van der Waals surface area contributed by atoms with Gasteiger partial charge in [0, 0.05) is 29.3 Å². The van der Waals surface area contributed by atoms with E-state index < -0.39 is 0 Å². The summed E-state index contributed by atoms with van der Waals surface area (Å²) in [6, 6.07) is 14.9. The van der Waals surface area contributed by atoms with Crippen molar-refractivity contribution in [2.75, 3.05) is 34.4 Å². The number of amides is 1. The third-order valence-electron chi connectivity index (χ3n) is 6.75. The van der Waals surface area contributed by atoms with Gasteiger partial charge in [0.2, 0.25) is 0 Å². The van der Waals surface area contributed by atoms with Gasteiger partial charge >= 0.3 is 0 Å². The minimum absolute atomic E-state index is 0.167. The van der Waals surface area contributed by atoms with Gasteiger partial charge in [-0.15, -0.1) is 0 Å². The molecule has 0 bridgehead atoms. The van der Waals surface area contributed by atoms with Gasteiger partial charge < -0.3 is 19.7 Å². The number of methoxy groups -OCH3 is 1. The minimum Gasteiger partial charge on any atom is -0.497 e. The van der Waals surface area contributed by atoms with Crippen LogP contribution in [0.5, 0.6) is 11.5 Å². The maximum Gasteiger partial charge on any atom is 0.270 e. The highest BCUT2D eigenvalue weighted by molar-refractivity contribution is 6.33. The van der Waals surface area contributed by atoms with E-state index in [0.29, 0.717) is 39.5 Å². The van der Waals surface area contributed by atoms with E-state index in [1.54, 1.807) is 25.3 Å². The molecule has 2 aromatic carbocycles. The van der Waals surface area contributed by atoms with E-state index in [2.05, 4.69) is 10.2 Å². The van der Waals surface area contributed by atoms with Gasteiger partial charge in [-0.1, -0.05) is 48.5 Å². The lowest BCUT2D eigenvalue weighted by Gasteiger charge is -2.23. The van der Waals surface area contributed by atoms with Crippen molar-refractivity contribution in [1.29, 1.82) is 0 Å². The lowest BCUT2D eigenvalue weighted by atomic mass is 9.95. The van der Waals surface area contributed by atoms with Gasteiger partial charge in [-0.25, -0.2) is 4.98 Å². The summed E-state index contributed by atoms with van der Waals surface area (Å²) in [7, 11) is 5.66. The maximum atomic E-state index is 13.2. The van der Waals surface area contributed by atoms with Crippen molar-refractivity contribution in [3.8, 4) is 33.9 Å². The molecule has 0 radical (unpaired) electrons. The van der Waals surface area contributed by atoms with Crippen molar-refractivity contribution in [3.63, 3.8) is 0 Å². The Morgan fingerprint density at radius 3 is 2.47 bits per heavy atom. The molecule has 3 aromatic rings. The number of pyridine rings is 1. The lowest BCUT2D eigenvalue weighted by molar-refractivity contribution is 0.0923. The summed E-state index contributed by atoms with van der Waals surface area (Å²) >= 11 is 13.1. The summed E-state index contributed by atoms with van der Waals surface area (Å²) in [6.07, 6.45) is 6.38. The SMILES string of the molecule is COc1ccc(-c2ccc(C(=O)NC3CCCCC3)nc2-c2ccc(Cl)c(OCCCN(C)C)c2)c(Cl)c1. The monoisotopic (exact) mass is 555 g/mol. The molecule has 1 aliphatic rings. The summed E-state index contributed by atoms with van der Waals surface area (Å²) in [5.74, 6) is 1.07. The predicted molar refractivity (Wildman–Crippen MR) is 155 cm³/mol. The second-order valence-corrected chi connectivity index (χ2v) is 10.7. The number of aromatic nitrogens is 1. The highest BCUT2D eigenvalue weighted by Crippen LogP contribution is 2.39. The first kappa shape index (κ1) is 28.2. The van der Waals surface area contributed by atoms with Crippen molar-refractivity contribution in [2.45, 2.75) is 44.6 Å². The molecule has 1 amide bonds. The lowest BCUT2D eigenvalue weighted by Crippen LogP contribution is -2.36. The number of benzene rings is 2. The van der Waals surface area contributed by atoms with Gasteiger partial charge in [0.15, 0.2) is 0 Å². The largest absolute Gasteiger partial charge is 0.497 e. The Bertz CT molecular complexity index is 1260. The zero-order valence-electron chi connectivity index (χ0n) is 22.2. The summed E-state index contributed by atoms with van der Waals surface area (Å²) in [6.45, 7) is 1.45. The molecule has 1 N–H and O–H groups in total. The van der Waals surface area contributed by atoms with Crippen molar-refractivity contribution in [2.24, 2.45) is 0 Å². The Labute approximate surface area is 235 Å². The number of ether oxygens (including phenoxy) is 2. The summed E-state index contributed by atoms with van der Waals surface area (Å²) in [5.41, 5.74) is 3.36. The molecule has 8 heteroatoms. The highest BCUT2D eigenvalue weighted by atomic mass is 35.5. The normalized spacial score (nSPS) is 13.9. The summed E-state index contributed by atoms with van der Waals surface area (Å²) in [4.78, 5) is 20.1.